The molecule has 0 aliphatic rings. The van der Waals surface area contributed by atoms with E-state index in [1.165, 1.54) is 0 Å². The van der Waals surface area contributed by atoms with Crippen LogP contribution in [0.25, 0.3) is 0 Å². The number of rotatable bonds is 2. The molecule has 0 aromatic rings. The van der Waals surface area contributed by atoms with E-state index in [-0.39, 0.29) is 0 Å². The molecule has 0 atom stereocenters. The Hall–Kier alpha value is -0.350. The Balaban J connectivity index is 4.32. The normalized spacial score (nSPS) is 13.1. The summed E-state index contributed by atoms with van der Waals surface area (Å²) >= 11 is 0. The number of sulfonamides is 1. The van der Waals surface area contributed by atoms with Crippen LogP contribution in [0.4, 0.5) is 0 Å². The maximum Gasteiger partial charge on any atom is 0.233 e. The maximum atomic E-state index is 10.8. The Labute approximate surface area is 62.2 Å². The largest absolute Gasteiger partial charge is 0.233 e. The molecular weight excluding hydrogens is 150 g/mol. The molecule has 60 valence electrons. The Kier molecular flexibility index (Phi) is 2.62. The summed E-state index contributed by atoms with van der Waals surface area (Å²) in [4.78, 5) is 0. The molecule has 0 saturated carbocycles. The molecule has 0 heterocycles. The van der Waals surface area contributed by atoms with Crippen LogP contribution in [-0.2, 0) is 10.0 Å². The lowest BCUT2D eigenvalue weighted by Crippen LogP contribution is -2.39. The quantitative estimate of drug-likeness (QED) is 0.656. The molecule has 0 rings (SSSR count). The van der Waals surface area contributed by atoms with Crippen molar-refractivity contribution in [3.05, 3.63) is 12.0 Å². The van der Waals surface area contributed by atoms with E-state index in [1.807, 2.05) is 0 Å². The van der Waals surface area contributed by atoms with Gasteiger partial charge >= 0.3 is 0 Å². The van der Waals surface area contributed by atoms with Crippen molar-refractivity contribution in [2.75, 3.05) is 0 Å². The first-order valence-electron chi connectivity index (χ1n) is 2.93. The van der Waals surface area contributed by atoms with E-state index in [4.69, 9.17) is 0 Å². The molecule has 0 bridgehead atoms. The molecule has 10 heavy (non-hydrogen) atoms. The zero-order valence-electron chi connectivity index (χ0n) is 6.51. The van der Waals surface area contributed by atoms with Gasteiger partial charge in [-0.05, 0) is 20.8 Å². The molecule has 0 aromatic heterocycles. The van der Waals surface area contributed by atoms with Gasteiger partial charge in [0.1, 0.15) is 0 Å². The van der Waals surface area contributed by atoms with Crippen molar-refractivity contribution in [1.82, 2.24) is 4.72 Å². The van der Waals surface area contributed by atoms with Gasteiger partial charge in [0.05, 0.1) is 0 Å². The van der Waals surface area contributed by atoms with Crippen molar-refractivity contribution in [3.63, 3.8) is 0 Å². The molecular formula is C6H13NO2S. The number of hydrogen-bond acceptors (Lipinski definition) is 2. The first-order chi connectivity index (χ1) is 4.27. The third kappa shape index (κ3) is 4.52. The van der Waals surface area contributed by atoms with Crippen molar-refractivity contribution < 1.29 is 8.42 Å². The molecule has 0 saturated heterocycles. The molecule has 0 aliphatic carbocycles. The molecule has 0 unspecified atom stereocenters. The van der Waals surface area contributed by atoms with Crippen molar-refractivity contribution in [3.8, 4) is 0 Å². The second-order valence-electron chi connectivity index (χ2n) is 3.06. The maximum absolute atomic E-state index is 10.8. The van der Waals surface area contributed by atoms with Crippen LogP contribution in [0.15, 0.2) is 12.0 Å². The zero-order valence-corrected chi connectivity index (χ0v) is 7.33. The summed E-state index contributed by atoms with van der Waals surface area (Å²) < 4.78 is 24.0. The third-order valence-corrected chi connectivity index (χ3v) is 2.00. The van der Waals surface area contributed by atoms with Gasteiger partial charge in [-0.1, -0.05) is 6.58 Å². The van der Waals surface area contributed by atoms with E-state index in [0.717, 1.165) is 5.41 Å². The van der Waals surface area contributed by atoms with Gasteiger partial charge in [0.15, 0.2) is 0 Å². The van der Waals surface area contributed by atoms with Crippen LogP contribution in [0.2, 0.25) is 0 Å². The predicted octanol–water partition coefficient (Wildman–Crippen LogP) is 0.848. The second-order valence-corrected chi connectivity index (χ2v) is 4.69. The second kappa shape index (κ2) is 2.72. The molecule has 3 nitrogen and oxygen atoms in total. The fraction of sp³-hybridized carbons (Fsp3) is 0.667. The topological polar surface area (TPSA) is 46.2 Å². The molecule has 0 radical (unpaired) electrons. The molecule has 0 aliphatic heterocycles. The van der Waals surface area contributed by atoms with Crippen LogP contribution in [0.5, 0.6) is 0 Å². The van der Waals surface area contributed by atoms with Crippen LogP contribution >= 0.6 is 0 Å². The van der Waals surface area contributed by atoms with Crippen molar-refractivity contribution in [1.29, 1.82) is 0 Å². The molecule has 0 fully saturated rings. The minimum atomic E-state index is -3.26. The molecule has 4 heteroatoms. The summed E-state index contributed by atoms with van der Waals surface area (Å²) in [6, 6.07) is 0. The summed E-state index contributed by atoms with van der Waals surface area (Å²) in [5, 5.41) is 0.901. The van der Waals surface area contributed by atoms with Gasteiger partial charge in [-0.2, -0.15) is 0 Å². The van der Waals surface area contributed by atoms with E-state index in [1.54, 1.807) is 20.8 Å². The lowest BCUT2D eigenvalue weighted by molar-refractivity contribution is 0.496. The standard InChI is InChI=1S/C6H13NO2S/c1-5-10(8,9)7-6(2,3)4/h5,7H,1H2,2-4H3. The first-order valence-corrected chi connectivity index (χ1v) is 4.48. The Morgan fingerprint density at radius 2 is 1.80 bits per heavy atom. The fourth-order valence-corrected chi connectivity index (χ4v) is 1.41. The van der Waals surface area contributed by atoms with Gasteiger partial charge in [-0.15, -0.1) is 0 Å². The number of nitrogens with one attached hydrogen (secondary N) is 1. The Bertz CT molecular complexity index is 210. The molecule has 0 aromatic carbocycles. The lowest BCUT2D eigenvalue weighted by atomic mass is 10.1. The minimum absolute atomic E-state index is 0.424. The van der Waals surface area contributed by atoms with Crippen molar-refractivity contribution in [2.45, 2.75) is 26.3 Å². The highest BCUT2D eigenvalue weighted by Gasteiger charge is 2.15. The smallest absolute Gasteiger partial charge is 0.208 e. The van der Waals surface area contributed by atoms with E-state index in [0.29, 0.717) is 0 Å². The average molecular weight is 163 g/mol. The predicted molar refractivity (Wildman–Crippen MR) is 42.0 cm³/mol. The van der Waals surface area contributed by atoms with E-state index in [2.05, 4.69) is 11.3 Å². The third-order valence-electron chi connectivity index (χ3n) is 0.668. The summed E-state index contributed by atoms with van der Waals surface area (Å²) in [7, 11) is -3.26. The van der Waals surface area contributed by atoms with Crippen LogP contribution < -0.4 is 4.72 Å². The highest BCUT2D eigenvalue weighted by Crippen LogP contribution is 2.01. The van der Waals surface area contributed by atoms with Gasteiger partial charge in [0, 0.05) is 10.9 Å². The molecule has 0 spiro atoms. The monoisotopic (exact) mass is 163 g/mol. The highest BCUT2D eigenvalue weighted by molar-refractivity contribution is 7.92. The van der Waals surface area contributed by atoms with E-state index >= 15 is 0 Å². The van der Waals surface area contributed by atoms with E-state index in [9.17, 15) is 8.42 Å². The minimum Gasteiger partial charge on any atom is -0.208 e. The van der Waals surface area contributed by atoms with Crippen molar-refractivity contribution >= 4 is 10.0 Å². The Morgan fingerprint density at radius 1 is 1.40 bits per heavy atom. The molecule has 1 N–H and O–H groups in total. The summed E-state index contributed by atoms with van der Waals surface area (Å²) in [6.45, 7) is 8.48. The van der Waals surface area contributed by atoms with Crippen LogP contribution in [0.1, 0.15) is 20.8 Å². The van der Waals surface area contributed by atoms with Gasteiger partial charge in [0.2, 0.25) is 10.0 Å². The van der Waals surface area contributed by atoms with Crippen LogP contribution in [-0.4, -0.2) is 14.0 Å². The Morgan fingerprint density at radius 3 is 1.90 bits per heavy atom. The van der Waals surface area contributed by atoms with Crippen LogP contribution in [0, 0.1) is 0 Å². The first kappa shape index (κ1) is 9.65. The SMILES string of the molecule is C=CS(=O)(=O)NC(C)(C)C. The highest BCUT2D eigenvalue weighted by atomic mass is 32.2. The van der Waals surface area contributed by atoms with Gasteiger partial charge in [-0.3, -0.25) is 0 Å². The van der Waals surface area contributed by atoms with Gasteiger partial charge < -0.3 is 0 Å². The van der Waals surface area contributed by atoms with Gasteiger partial charge in [0.25, 0.3) is 0 Å². The number of hydrogen-bond donors (Lipinski definition) is 1. The average Bonchev–Trinajstić information content (AvgIpc) is 1.60. The summed E-state index contributed by atoms with van der Waals surface area (Å²) in [6.07, 6.45) is 0. The zero-order chi connectivity index (χ0) is 8.41. The fourth-order valence-electron chi connectivity index (χ4n) is 0.468. The molecule has 0 amide bonds. The van der Waals surface area contributed by atoms with Crippen LogP contribution in [0.3, 0.4) is 0 Å². The van der Waals surface area contributed by atoms with Crippen molar-refractivity contribution in [2.24, 2.45) is 0 Å². The van der Waals surface area contributed by atoms with Gasteiger partial charge in [-0.25, -0.2) is 13.1 Å². The summed E-state index contributed by atoms with van der Waals surface area (Å²) in [5.41, 5.74) is -0.424. The summed E-state index contributed by atoms with van der Waals surface area (Å²) in [5.74, 6) is 0. The van der Waals surface area contributed by atoms with E-state index < -0.39 is 15.6 Å². The lowest BCUT2D eigenvalue weighted by Gasteiger charge is -2.18.